The molecule has 0 heterocycles. The van der Waals surface area contributed by atoms with E-state index in [0.29, 0.717) is 24.4 Å². The van der Waals surface area contributed by atoms with E-state index in [0.717, 1.165) is 13.0 Å². The third-order valence-corrected chi connectivity index (χ3v) is 2.49. The Labute approximate surface area is 101 Å². The monoisotopic (exact) mass is 236 g/mol. The first-order valence-electron chi connectivity index (χ1n) is 5.63. The first-order chi connectivity index (χ1) is 8.21. The second-order valence-electron chi connectivity index (χ2n) is 3.83. The molecule has 0 aromatic heterocycles. The van der Waals surface area contributed by atoms with E-state index in [1.807, 2.05) is 11.8 Å². The van der Waals surface area contributed by atoms with Crippen LogP contribution in [0.15, 0.2) is 18.2 Å². The first kappa shape index (κ1) is 13.5. The molecular formula is C13H17FN2O. The van der Waals surface area contributed by atoms with Gasteiger partial charge in [0.25, 0.3) is 0 Å². The lowest BCUT2D eigenvalue weighted by Crippen LogP contribution is -2.24. The van der Waals surface area contributed by atoms with Crippen LogP contribution in [0.2, 0.25) is 0 Å². The fourth-order valence-corrected chi connectivity index (χ4v) is 1.65. The molecule has 0 radical (unpaired) electrons. The van der Waals surface area contributed by atoms with Crippen molar-refractivity contribution in [3.8, 4) is 11.8 Å². The number of rotatable bonds is 6. The predicted octanol–water partition coefficient (Wildman–Crippen LogP) is 2.57. The Morgan fingerprint density at radius 1 is 1.47 bits per heavy atom. The number of hydrogen-bond donors (Lipinski definition) is 0. The van der Waals surface area contributed by atoms with E-state index < -0.39 is 0 Å². The third kappa shape index (κ3) is 4.04. The largest absolute Gasteiger partial charge is 0.497 e. The van der Waals surface area contributed by atoms with Crippen molar-refractivity contribution < 1.29 is 9.13 Å². The lowest BCUT2D eigenvalue weighted by atomic mass is 10.2. The van der Waals surface area contributed by atoms with E-state index in [1.54, 1.807) is 12.1 Å². The van der Waals surface area contributed by atoms with E-state index in [-0.39, 0.29) is 5.82 Å². The highest BCUT2D eigenvalue weighted by atomic mass is 19.1. The van der Waals surface area contributed by atoms with E-state index in [4.69, 9.17) is 10.00 Å². The van der Waals surface area contributed by atoms with Gasteiger partial charge < -0.3 is 4.74 Å². The topological polar surface area (TPSA) is 36.3 Å². The summed E-state index contributed by atoms with van der Waals surface area (Å²) in [5, 5.41) is 8.69. The highest BCUT2D eigenvalue weighted by molar-refractivity contribution is 5.28. The van der Waals surface area contributed by atoms with Crippen molar-refractivity contribution >= 4 is 0 Å². The lowest BCUT2D eigenvalue weighted by Gasteiger charge is -2.18. The molecule has 0 spiro atoms. The van der Waals surface area contributed by atoms with Gasteiger partial charge >= 0.3 is 0 Å². The molecule has 92 valence electrons. The average Bonchev–Trinajstić information content (AvgIpc) is 2.32. The highest BCUT2D eigenvalue weighted by Gasteiger charge is 2.09. The van der Waals surface area contributed by atoms with Gasteiger partial charge in [-0.05, 0) is 19.0 Å². The number of ether oxygens (including phenoxy) is 1. The fraction of sp³-hybridized carbons (Fsp3) is 0.462. The van der Waals surface area contributed by atoms with Gasteiger partial charge in [0.2, 0.25) is 0 Å². The molecule has 0 aliphatic rings. The predicted molar refractivity (Wildman–Crippen MR) is 64.1 cm³/mol. The van der Waals surface area contributed by atoms with Crippen LogP contribution in [0, 0.1) is 17.1 Å². The number of hydrogen-bond acceptors (Lipinski definition) is 3. The minimum absolute atomic E-state index is 0.289. The van der Waals surface area contributed by atoms with E-state index >= 15 is 0 Å². The van der Waals surface area contributed by atoms with Crippen molar-refractivity contribution in [2.45, 2.75) is 19.9 Å². The first-order valence-corrected chi connectivity index (χ1v) is 5.63. The number of nitrogens with zero attached hydrogens (tertiary/aromatic N) is 2. The molecule has 0 saturated heterocycles. The number of benzene rings is 1. The SMILES string of the molecule is CCCN(CC#N)Cc1ccc(OC)cc1F. The maximum atomic E-state index is 13.7. The second kappa shape index (κ2) is 6.87. The number of nitriles is 1. The molecule has 1 rings (SSSR count). The highest BCUT2D eigenvalue weighted by Crippen LogP contribution is 2.17. The molecule has 0 amide bonds. The molecular weight excluding hydrogens is 219 g/mol. The summed E-state index contributed by atoms with van der Waals surface area (Å²) in [6.45, 7) is 3.60. The molecule has 0 aliphatic heterocycles. The molecule has 1 aromatic rings. The van der Waals surface area contributed by atoms with Gasteiger partial charge in [0.1, 0.15) is 11.6 Å². The van der Waals surface area contributed by atoms with Gasteiger partial charge in [-0.3, -0.25) is 4.90 Å². The van der Waals surface area contributed by atoms with E-state index in [1.165, 1.54) is 13.2 Å². The van der Waals surface area contributed by atoms with Gasteiger partial charge in [0.15, 0.2) is 0 Å². The standard InChI is InChI=1S/C13H17FN2O/c1-3-7-16(8-6-15)10-11-4-5-12(17-2)9-13(11)14/h4-5,9H,3,7-8,10H2,1-2H3. The van der Waals surface area contributed by atoms with Gasteiger partial charge in [0.05, 0.1) is 19.7 Å². The van der Waals surface area contributed by atoms with Crippen molar-refractivity contribution in [1.82, 2.24) is 4.90 Å². The van der Waals surface area contributed by atoms with Crippen LogP contribution in [-0.2, 0) is 6.54 Å². The van der Waals surface area contributed by atoms with Gasteiger partial charge in [-0.2, -0.15) is 5.26 Å². The quantitative estimate of drug-likeness (QED) is 0.712. The molecule has 0 aliphatic carbocycles. The van der Waals surface area contributed by atoms with Crippen molar-refractivity contribution in [1.29, 1.82) is 5.26 Å². The summed E-state index contributed by atoms with van der Waals surface area (Å²) in [7, 11) is 1.51. The molecule has 17 heavy (non-hydrogen) atoms. The van der Waals surface area contributed by atoms with Crippen LogP contribution in [0.1, 0.15) is 18.9 Å². The summed E-state index contributed by atoms with van der Waals surface area (Å²) in [6.07, 6.45) is 0.944. The molecule has 0 unspecified atom stereocenters. The summed E-state index contributed by atoms with van der Waals surface area (Å²) < 4.78 is 18.6. The Bertz CT molecular complexity index is 401. The second-order valence-corrected chi connectivity index (χ2v) is 3.83. The lowest BCUT2D eigenvalue weighted by molar-refractivity contribution is 0.293. The van der Waals surface area contributed by atoms with Crippen molar-refractivity contribution in [3.05, 3.63) is 29.6 Å². The summed E-state index contributed by atoms with van der Waals surface area (Å²) >= 11 is 0. The van der Waals surface area contributed by atoms with Crippen LogP contribution in [0.4, 0.5) is 4.39 Å². The zero-order chi connectivity index (χ0) is 12.7. The van der Waals surface area contributed by atoms with Crippen LogP contribution in [0.25, 0.3) is 0 Å². The summed E-state index contributed by atoms with van der Waals surface area (Å²) in [5.41, 5.74) is 0.592. The van der Waals surface area contributed by atoms with Gasteiger partial charge in [-0.25, -0.2) is 4.39 Å². The fourth-order valence-electron chi connectivity index (χ4n) is 1.65. The van der Waals surface area contributed by atoms with Crippen LogP contribution in [0.3, 0.4) is 0 Å². The Morgan fingerprint density at radius 2 is 2.24 bits per heavy atom. The van der Waals surface area contributed by atoms with Crippen LogP contribution < -0.4 is 4.74 Å². The van der Waals surface area contributed by atoms with Crippen molar-refractivity contribution in [3.63, 3.8) is 0 Å². The Balaban J connectivity index is 2.75. The molecule has 0 fully saturated rings. The smallest absolute Gasteiger partial charge is 0.131 e. The summed E-state index contributed by atoms with van der Waals surface area (Å²) in [6, 6.07) is 6.89. The zero-order valence-corrected chi connectivity index (χ0v) is 10.2. The van der Waals surface area contributed by atoms with Crippen molar-refractivity contribution in [2.75, 3.05) is 20.2 Å². The summed E-state index contributed by atoms with van der Waals surface area (Å²) in [5.74, 6) is 0.219. The van der Waals surface area contributed by atoms with Gasteiger partial charge in [0, 0.05) is 18.2 Å². The summed E-state index contributed by atoms with van der Waals surface area (Å²) in [4.78, 5) is 1.92. The molecule has 1 aromatic carbocycles. The Hall–Kier alpha value is -1.60. The molecule has 0 N–H and O–H groups in total. The third-order valence-electron chi connectivity index (χ3n) is 2.49. The molecule has 0 saturated carbocycles. The maximum absolute atomic E-state index is 13.7. The minimum atomic E-state index is -0.289. The van der Waals surface area contributed by atoms with E-state index in [9.17, 15) is 4.39 Å². The molecule has 3 nitrogen and oxygen atoms in total. The van der Waals surface area contributed by atoms with Crippen LogP contribution in [-0.4, -0.2) is 25.1 Å². The maximum Gasteiger partial charge on any atom is 0.131 e. The number of halogens is 1. The van der Waals surface area contributed by atoms with Crippen LogP contribution in [0.5, 0.6) is 5.75 Å². The van der Waals surface area contributed by atoms with Gasteiger partial charge in [-0.15, -0.1) is 0 Å². The van der Waals surface area contributed by atoms with Crippen molar-refractivity contribution in [2.24, 2.45) is 0 Å². The van der Waals surface area contributed by atoms with E-state index in [2.05, 4.69) is 6.07 Å². The zero-order valence-electron chi connectivity index (χ0n) is 10.2. The number of methoxy groups -OCH3 is 1. The molecule has 0 atom stereocenters. The van der Waals surface area contributed by atoms with Crippen LogP contribution >= 0.6 is 0 Å². The Morgan fingerprint density at radius 3 is 2.76 bits per heavy atom. The molecule has 4 heteroatoms. The minimum Gasteiger partial charge on any atom is -0.497 e. The Kier molecular flexibility index (Phi) is 5.44. The normalized spacial score (nSPS) is 10.3. The average molecular weight is 236 g/mol. The van der Waals surface area contributed by atoms with Gasteiger partial charge in [-0.1, -0.05) is 13.0 Å². The molecule has 0 bridgehead atoms.